The SMILES string of the molecule is O=C1CN(c2ccc(Br)cc2)CCCN1. The van der Waals surface area contributed by atoms with Gasteiger partial charge in [0.25, 0.3) is 0 Å². The first-order valence-electron chi connectivity index (χ1n) is 5.03. The number of halogens is 1. The van der Waals surface area contributed by atoms with Crippen LogP contribution in [0, 0.1) is 0 Å². The molecular formula is C11H13BrN2O. The van der Waals surface area contributed by atoms with Crippen LogP contribution >= 0.6 is 15.9 Å². The lowest BCUT2D eigenvalue weighted by molar-refractivity contribution is -0.119. The summed E-state index contributed by atoms with van der Waals surface area (Å²) < 4.78 is 1.06. The molecule has 0 aromatic heterocycles. The summed E-state index contributed by atoms with van der Waals surface area (Å²) in [5.74, 6) is 0.107. The first kappa shape index (κ1) is 10.5. The second kappa shape index (κ2) is 4.66. The van der Waals surface area contributed by atoms with E-state index in [4.69, 9.17) is 0 Å². The van der Waals surface area contributed by atoms with Crippen molar-refractivity contribution < 1.29 is 4.79 Å². The maximum Gasteiger partial charge on any atom is 0.239 e. The quantitative estimate of drug-likeness (QED) is 0.842. The molecule has 1 amide bonds. The predicted molar refractivity (Wildman–Crippen MR) is 64.0 cm³/mol. The summed E-state index contributed by atoms with van der Waals surface area (Å²) in [4.78, 5) is 13.5. The fraction of sp³-hybridized carbons (Fsp3) is 0.364. The number of rotatable bonds is 1. The van der Waals surface area contributed by atoms with Crippen molar-refractivity contribution in [1.82, 2.24) is 5.32 Å². The maximum atomic E-state index is 11.4. The average Bonchev–Trinajstić information content (AvgIpc) is 2.44. The first-order valence-corrected chi connectivity index (χ1v) is 5.82. The summed E-state index contributed by atoms with van der Waals surface area (Å²) in [5.41, 5.74) is 1.11. The normalized spacial score (nSPS) is 17.1. The summed E-state index contributed by atoms with van der Waals surface area (Å²) in [6.07, 6.45) is 1.00. The van der Waals surface area contributed by atoms with Crippen LogP contribution in [0.25, 0.3) is 0 Å². The van der Waals surface area contributed by atoms with Gasteiger partial charge in [0.2, 0.25) is 5.91 Å². The highest BCUT2D eigenvalue weighted by molar-refractivity contribution is 9.10. The largest absolute Gasteiger partial charge is 0.362 e. The number of carbonyl (C=O) groups excluding carboxylic acids is 1. The molecule has 1 aromatic rings. The van der Waals surface area contributed by atoms with Gasteiger partial charge in [0, 0.05) is 23.2 Å². The van der Waals surface area contributed by atoms with Crippen LogP contribution in [0.5, 0.6) is 0 Å². The second-order valence-electron chi connectivity index (χ2n) is 3.60. The molecule has 1 aromatic carbocycles. The van der Waals surface area contributed by atoms with Crippen LogP contribution in [-0.4, -0.2) is 25.5 Å². The average molecular weight is 269 g/mol. The van der Waals surface area contributed by atoms with Crippen LogP contribution in [0.4, 0.5) is 5.69 Å². The zero-order chi connectivity index (χ0) is 10.7. The van der Waals surface area contributed by atoms with E-state index in [-0.39, 0.29) is 5.91 Å². The Morgan fingerprint density at radius 3 is 2.73 bits per heavy atom. The van der Waals surface area contributed by atoms with E-state index in [0.29, 0.717) is 6.54 Å². The molecule has 1 aliphatic rings. The Morgan fingerprint density at radius 1 is 1.27 bits per heavy atom. The lowest BCUT2D eigenvalue weighted by Crippen LogP contribution is -2.32. The summed E-state index contributed by atoms with van der Waals surface area (Å²) in [5, 5.41) is 2.87. The van der Waals surface area contributed by atoms with Crippen LogP contribution in [0.1, 0.15) is 6.42 Å². The molecule has 0 unspecified atom stereocenters. The van der Waals surface area contributed by atoms with E-state index in [0.717, 1.165) is 29.7 Å². The Labute approximate surface area is 97.6 Å². The van der Waals surface area contributed by atoms with E-state index >= 15 is 0 Å². The van der Waals surface area contributed by atoms with Crippen molar-refractivity contribution in [2.45, 2.75) is 6.42 Å². The van der Waals surface area contributed by atoms with Gasteiger partial charge in [-0.25, -0.2) is 0 Å². The monoisotopic (exact) mass is 268 g/mol. The van der Waals surface area contributed by atoms with E-state index < -0.39 is 0 Å². The highest BCUT2D eigenvalue weighted by Crippen LogP contribution is 2.18. The van der Waals surface area contributed by atoms with Crippen molar-refractivity contribution in [2.75, 3.05) is 24.5 Å². The third-order valence-electron chi connectivity index (χ3n) is 2.45. The maximum absolute atomic E-state index is 11.4. The van der Waals surface area contributed by atoms with E-state index in [2.05, 4.69) is 26.1 Å². The number of amides is 1. The van der Waals surface area contributed by atoms with Crippen molar-refractivity contribution in [3.8, 4) is 0 Å². The molecule has 4 heteroatoms. The Bertz CT molecular complexity index is 350. The third kappa shape index (κ3) is 2.72. The molecule has 2 rings (SSSR count). The molecule has 0 spiro atoms. The minimum atomic E-state index is 0.107. The van der Waals surface area contributed by atoms with Crippen molar-refractivity contribution in [1.29, 1.82) is 0 Å². The second-order valence-corrected chi connectivity index (χ2v) is 4.52. The van der Waals surface area contributed by atoms with Crippen LogP contribution in [0.2, 0.25) is 0 Å². The highest BCUT2D eigenvalue weighted by atomic mass is 79.9. The third-order valence-corrected chi connectivity index (χ3v) is 2.98. The van der Waals surface area contributed by atoms with Gasteiger partial charge in [-0.15, -0.1) is 0 Å². The molecule has 1 saturated heterocycles. The van der Waals surface area contributed by atoms with Crippen molar-refractivity contribution >= 4 is 27.5 Å². The number of nitrogens with one attached hydrogen (secondary N) is 1. The van der Waals surface area contributed by atoms with Crippen LogP contribution in [0.3, 0.4) is 0 Å². The highest BCUT2D eigenvalue weighted by Gasteiger charge is 2.14. The van der Waals surface area contributed by atoms with Crippen molar-refractivity contribution in [3.05, 3.63) is 28.7 Å². The fourth-order valence-electron chi connectivity index (χ4n) is 1.68. The van der Waals surface area contributed by atoms with Gasteiger partial charge in [-0.2, -0.15) is 0 Å². The molecule has 1 heterocycles. The summed E-state index contributed by atoms with van der Waals surface area (Å²) in [7, 11) is 0. The fourth-order valence-corrected chi connectivity index (χ4v) is 1.94. The molecule has 0 bridgehead atoms. The Kier molecular flexibility index (Phi) is 3.26. The van der Waals surface area contributed by atoms with E-state index in [1.54, 1.807) is 0 Å². The first-order chi connectivity index (χ1) is 7.25. The molecule has 1 N–H and O–H groups in total. The predicted octanol–water partition coefficient (Wildman–Crippen LogP) is 1.78. The van der Waals surface area contributed by atoms with Gasteiger partial charge < -0.3 is 10.2 Å². The van der Waals surface area contributed by atoms with Crippen LogP contribution in [-0.2, 0) is 4.79 Å². The topological polar surface area (TPSA) is 32.3 Å². The standard InChI is InChI=1S/C11H13BrN2O/c12-9-2-4-10(5-3-9)14-7-1-6-13-11(15)8-14/h2-5H,1,6-8H2,(H,13,15). The van der Waals surface area contributed by atoms with Crippen molar-refractivity contribution in [3.63, 3.8) is 0 Å². The van der Waals surface area contributed by atoms with Gasteiger partial charge in [0.05, 0.1) is 6.54 Å². The smallest absolute Gasteiger partial charge is 0.239 e. The van der Waals surface area contributed by atoms with E-state index in [1.807, 2.05) is 24.3 Å². The number of anilines is 1. The van der Waals surface area contributed by atoms with Gasteiger partial charge in [-0.1, -0.05) is 15.9 Å². The minimum Gasteiger partial charge on any atom is -0.362 e. The number of hydrogen-bond acceptors (Lipinski definition) is 2. The molecule has 0 atom stereocenters. The van der Waals surface area contributed by atoms with Gasteiger partial charge in [0.15, 0.2) is 0 Å². The molecule has 15 heavy (non-hydrogen) atoms. The molecule has 1 aliphatic heterocycles. The number of benzene rings is 1. The molecule has 80 valence electrons. The number of carbonyl (C=O) groups is 1. The Hall–Kier alpha value is -1.03. The molecule has 0 aliphatic carbocycles. The Balaban J connectivity index is 2.14. The summed E-state index contributed by atoms with van der Waals surface area (Å²) in [6, 6.07) is 8.06. The van der Waals surface area contributed by atoms with Crippen LogP contribution < -0.4 is 10.2 Å². The van der Waals surface area contributed by atoms with Crippen molar-refractivity contribution in [2.24, 2.45) is 0 Å². The van der Waals surface area contributed by atoms with Gasteiger partial charge in [0.1, 0.15) is 0 Å². The number of nitrogens with zero attached hydrogens (tertiary/aromatic N) is 1. The van der Waals surface area contributed by atoms with Gasteiger partial charge in [-0.3, -0.25) is 4.79 Å². The lowest BCUT2D eigenvalue weighted by Gasteiger charge is -2.21. The van der Waals surface area contributed by atoms with E-state index in [9.17, 15) is 4.79 Å². The van der Waals surface area contributed by atoms with Crippen LogP contribution in [0.15, 0.2) is 28.7 Å². The van der Waals surface area contributed by atoms with Gasteiger partial charge in [-0.05, 0) is 30.7 Å². The van der Waals surface area contributed by atoms with E-state index in [1.165, 1.54) is 0 Å². The van der Waals surface area contributed by atoms with Gasteiger partial charge >= 0.3 is 0 Å². The number of hydrogen-bond donors (Lipinski definition) is 1. The molecule has 3 nitrogen and oxygen atoms in total. The molecule has 0 radical (unpaired) electrons. The zero-order valence-corrected chi connectivity index (χ0v) is 9.96. The summed E-state index contributed by atoms with van der Waals surface area (Å²) >= 11 is 3.40. The Morgan fingerprint density at radius 2 is 2.00 bits per heavy atom. The minimum absolute atomic E-state index is 0.107. The molecule has 0 saturated carbocycles. The molecular weight excluding hydrogens is 256 g/mol. The zero-order valence-electron chi connectivity index (χ0n) is 8.37. The lowest BCUT2D eigenvalue weighted by atomic mass is 10.2. The molecule has 1 fully saturated rings. The summed E-state index contributed by atoms with van der Waals surface area (Å²) in [6.45, 7) is 2.17.